The van der Waals surface area contributed by atoms with E-state index < -0.39 is 32.5 Å². The lowest BCUT2D eigenvalue weighted by Gasteiger charge is -2.16. The van der Waals surface area contributed by atoms with Crippen LogP contribution in [0.1, 0.15) is 5.56 Å². The molecular formula is C12H5Cl5F3N3O. The Morgan fingerprint density at radius 3 is 2.38 bits per heavy atom. The molecule has 12 heteroatoms. The largest absolute Gasteiger partial charge is 0.417 e. The van der Waals surface area contributed by atoms with Gasteiger partial charge >= 0.3 is 6.18 Å². The number of aromatic nitrogens is 2. The molecule has 1 aromatic carbocycles. The second kappa shape index (κ2) is 7.17. The van der Waals surface area contributed by atoms with Gasteiger partial charge in [-0.25, -0.2) is 4.68 Å². The fourth-order valence-electron chi connectivity index (χ4n) is 1.74. The van der Waals surface area contributed by atoms with Gasteiger partial charge in [-0.05, 0) is 6.07 Å². The highest BCUT2D eigenvalue weighted by Gasteiger charge is 2.36. The number of alkyl halides is 5. The van der Waals surface area contributed by atoms with Crippen molar-refractivity contribution in [2.75, 3.05) is 5.32 Å². The Kier molecular flexibility index (Phi) is 5.82. The summed E-state index contributed by atoms with van der Waals surface area (Å²) >= 11 is 28.4. The molecule has 0 aliphatic carbocycles. The molecule has 0 bridgehead atoms. The Morgan fingerprint density at radius 2 is 1.83 bits per heavy atom. The van der Waals surface area contributed by atoms with Crippen LogP contribution in [-0.2, 0) is 11.0 Å². The SMILES string of the molecule is O=C(Nc1ccnn1-c1c(Cl)cc(C(F)(F)F)c(Cl)c1Cl)C(Cl)Cl. The summed E-state index contributed by atoms with van der Waals surface area (Å²) in [5.74, 6) is -0.740. The lowest BCUT2D eigenvalue weighted by atomic mass is 10.2. The number of carbonyl (C=O) groups excluding carboxylic acids is 1. The van der Waals surface area contributed by atoms with E-state index in [0.29, 0.717) is 6.07 Å². The number of benzene rings is 1. The molecule has 0 saturated carbocycles. The predicted molar refractivity (Wildman–Crippen MR) is 87.7 cm³/mol. The Bertz CT molecular complexity index is 791. The van der Waals surface area contributed by atoms with Crippen molar-refractivity contribution in [2.45, 2.75) is 11.0 Å². The summed E-state index contributed by atoms with van der Waals surface area (Å²) < 4.78 is 39.7. The second-order valence-electron chi connectivity index (χ2n) is 4.30. The number of hydrogen-bond donors (Lipinski definition) is 1. The molecular weight excluding hydrogens is 436 g/mol. The lowest BCUT2D eigenvalue weighted by molar-refractivity contribution is -0.137. The van der Waals surface area contributed by atoms with E-state index in [2.05, 4.69) is 10.4 Å². The molecule has 1 aromatic heterocycles. The topological polar surface area (TPSA) is 46.9 Å². The lowest BCUT2D eigenvalue weighted by Crippen LogP contribution is -2.21. The zero-order valence-electron chi connectivity index (χ0n) is 11.1. The van der Waals surface area contributed by atoms with Crippen LogP contribution in [0.3, 0.4) is 0 Å². The van der Waals surface area contributed by atoms with Crippen LogP contribution in [0.25, 0.3) is 5.69 Å². The Morgan fingerprint density at radius 1 is 1.21 bits per heavy atom. The normalized spacial score (nSPS) is 11.9. The number of hydrogen-bond acceptors (Lipinski definition) is 2. The average Bonchev–Trinajstić information content (AvgIpc) is 2.89. The number of halogens is 8. The van der Waals surface area contributed by atoms with Gasteiger partial charge in [0, 0.05) is 6.07 Å². The number of amides is 1. The van der Waals surface area contributed by atoms with E-state index in [1.165, 1.54) is 12.3 Å². The molecule has 4 nitrogen and oxygen atoms in total. The maximum Gasteiger partial charge on any atom is 0.417 e. The van der Waals surface area contributed by atoms with E-state index in [9.17, 15) is 18.0 Å². The van der Waals surface area contributed by atoms with Gasteiger partial charge in [0.25, 0.3) is 5.91 Å². The number of anilines is 1. The molecule has 0 radical (unpaired) electrons. The number of carbonyl (C=O) groups is 1. The Labute approximate surface area is 158 Å². The molecule has 130 valence electrons. The Hall–Kier alpha value is -0.860. The van der Waals surface area contributed by atoms with Crippen molar-refractivity contribution in [3.8, 4) is 5.69 Å². The minimum absolute atomic E-state index is 0.0333. The first-order valence-electron chi connectivity index (χ1n) is 5.92. The number of rotatable bonds is 3. The predicted octanol–water partition coefficient (Wildman–Crippen LogP) is 5.59. The summed E-state index contributed by atoms with van der Waals surface area (Å²) in [5, 5.41) is 4.58. The highest BCUT2D eigenvalue weighted by Crippen LogP contribution is 2.44. The first kappa shape index (κ1) is 19.5. The van der Waals surface area contributed by atoms with Crippen molar-refractivity contribution in [3.63, 3.8) is 0 Å². The molecule has 0 unspecified atom stereocenters. The van der Waals surface area contributed by atoms with Gasteiger partial charge in [0.05, 0.1) is 26.8 Å². The van der Waals surface area contributed by atoms with Crippen LogP contribution in [0.5, 0.6) is 0 Å². The van der Waals surface area contributed by atoms with Crippen molar-refractivity contribution in [1.29, 1.82) is 0 Å². The van der Waals surface area contributed by atoms with E-state index >= 15 is 0 Å². The quantitative estimate of drug-likeness (QED) is 0.498. The van der Waals surface area contributed by atoms with E-state index in [1.807, 2.05) is 0 Å². The third-order valence-electron chi connectivity index (χ3n) is 2.74. The van der Waals surface area contributed by atoms with Crippen LogP contribution in [0.15, 0.2) is 18.3 Å². The fraction of sp³-hybridized carbons (Fsp3) is 0.167. The molecule has 24 heavy (non-hydrogen) atoms. The van der Waals surface area contributed by atoms with Gasteiger partial charge in [-0.15, -0.1) is 0 Å². The highest BCUT2D eigenvalue weighted by atomic mass is 35.5. The molecule has 0 aliphatic heterocycles. The summed E-state index contributed by atoms with van der Waals surface area (Å²) in [6.45, 7) is 0. The zero-order chi connectivity index (χ0) is 18.2. The third kappa shape index (κ3) is 3.86. The van der Waals surface area contributed by atoms with Crippen LogP contribution in [-0.4, -0.2) is 20.5 Å². The summed E-state index contributed by atoms with van der Waals surface area (Å²) in [6.07, 6.45) is -3.49. The molecule has 1 heterocycles. The van der Waals surface area contributed by atoms with E-state index in [4.69, 9.17) is 58.0 Å². The molecule has 2 rings (SSSR count). The summed E-state index contributed by atoms with van der Waals surface area (Å²) in [7, 11) is 0. The van der Waals surface area contributed by atoms with Crippen molar-refractivity contribution in [1.82, 2.24) is 9.78 Å². The maximum absolute atomic E-state index is 12.9. The van der Waals surface area contributed by atoms with Crippen molar-refractivity contribution in [2.24, 2.45) is 0 Å². The monoisotopic (exact) mass is 439 g/mol. The minimum atomic E-state index is -4.74. The van der Waals surface area contributed by atoms with E-state index in [0.717, 1.165) is 4.68 Å². The van der Waals surface area contributed by atoms with Crippen LogP contribution >= 0.6 is 58.0 Å². The maximum atomic E-state index is 12.9. The Balaban J connectivity index is 2.58. The molecule has 0 saturated heterocycles. The number of nitrogens with zero attached hydrogens (tertiary/aromatic N) is 2. The zero-order valence-corrected chi connectivity index (χ0v) is 14.9. The van der Waals surface area contributed by atoms with Crippen molar-refractivity contribution in [3.05, 3.63) is 39.0 Å². The molecule has 1 amide bonds. The van der Waals surface area contributed by atoms with Gasteiger partial charge < -0.3 is 5.32 Å². The first-order valence-corrected chi connectivity index (χ1v) is 7.92. The molecule has 1 N–H and O–H groups in total. The van der Waals surface area contributed by atoms with Gasteiger partial charge in [-0.2, -0.15) is 18.3 Å². The smallest absolute Gasteiger partial charge is 0.308 e. The second-order valence-corrected chi connectivity index (χ2v) is 6.56. The third-order valence-corrected chi connectivity index (χ3v) is 4.29. The van der Waals surface area contributed by atoms with Gasteiger partial charge in [-0.1, -0.05) is 58.0 Å². The van der Waals surface area contributed by atoms with Crippen molar-refractivity contribution < 1.29 is 18.0 Å². The first-order chi connectivity index (χ1) is 11.0. The molecule has 0 fully saturated rings. The molecule has 0 aliphatic rings. The molecule has 0 atom stereocenters. The van der Waals surface area contributed by atoms with E-state index in [-0.39, 0.29) is 16.5 Å². The van der Waals surface area contributed by atoms with Crippen LogP contribution < -0.4 is 5.32 Å². The van der Waals surface area contributed by atoms with Gasteiger partial charge in [0.15, 0.2) is 4.84 Å². The average molecular weight is 441 g/mol. The fourth-order valence-corrected chi connectivity index (χ4v) is 2.72. The van der Waals surface area contributed by atoms with E-state index in [1.54, 1.807) is 0 Å². The van der Waals surface area contributed by atoms with Gasteiger partial charge in [0.2, 0.25) is 0 Å². The van der Waals surface area contributed by atoms with Gasteiger partial charge in [-0.3, -0.25) is 4.79 Å². The van der Waals surface area contributed by atoms with Crippen LogP contribution in [0.4, 0.5) is 19.0 Å². The summed E-state index contributed by atoms with van der Waals surface area (Å²) in [6, 6.07) is 1.95. The molecule has 0 spiro atoms. The summed E-state index contributed by atoms with van der Waals surface area (Å²) in [4.78, 5) is 10.2. The standard InChI is InChI=1S/C12H5Cl5F3N3O/c13-5-3-4(12(18,19)20)7(14)8(15)9(5)23-6(1-2-21-23)22-11(24)10(16)17/h1-3,10H,(H,22,24). The van der Waals surface area contributed by atoms with Crippen LogP contribution in [0.2, 0.25) is 15.1 Å². The van der Waals surface area contributed by atoms with Gasteiger partial charge in [0.1, 0.15) is 11.5 Å². The number of nitrogens with one attached hydrogen (secondary N) is 1. The van der Waals surface area contributed by atoms with Crippen molar-refractivity contribution >= 4 is 69.7 Å². The summed E-state index contributed by atoms with van der Waals surface area (Å²) in [5.41, 5.74) is -1.33. The van der Waals surface area contributed by atoms with Crippen LogP contribution in [0, 0.1) is 0 Å². The highest BCUT2D eigenvalue weighted by molar-refractivity contribution is 6.54. The minimum Gasteiger partial charge on any atom is -0.308 e. The molecule has 2 aromatic rings.